The van der Waals surface area contributed by atoms with E-state index in [0.29, 0.717) is 5.92 Å². The van der Waals surface area contributed by atoms with Gasteiger partial charge in [0.05, 0.1) is 16.1 Å². The van der Waals surface area contributed by atoms with Crippen LogP contribution in [-0.4, -0.2) is 18.5 Å². The lowest BCUT2D eigenvalue weighted by molar-refractivity contribution is -0.137. The summed E-state index contributed by atoms with van der Waals surface area (Å²) in [6.07, 6.45) is -1.04. The van der Waals surface area contributed by atoms with Gasteiger partial charge in [-0.1, -0.05) is 17.7 Å². The van der Waals surface area contributed by atoms with Gasteiger partial charge in [0, 0.05) is 18.3 Å². The van der Waals surface area contributed by atoms with Gasteiger partial charge < -0.3 is 10.6 Å². The van der Waals surface area contributed by atoms with Crippen molar-refractivity contribution < 1.29 is 18.0 Å². The summed E-state index contributed by atoms with van der Waals surface area (Å²) in [6.45, 7) is 5.04. The molecule has 2 aromatic carbocycles. The van der Waals surface area contributed by atoms with Crippen LogP contribution in [0, 0.1) is 19.8 Å². The predicted octanol–water partition coefficient (Wildman–Crippen LogP) is 6.38. The van der Waals surface area contributed by atoms with Crippen molar-refractivity contribution in [3.05, 3.63) is 63.7 Å². The Balaban J connectivity index is 1.51. The molecule has 0 saturated heterocycles. The average molecular weight is 439 g/mol. The van der Waals surface area contributed by atoms with Gasteiger partial charge in [-0.15, -0.1) is 0 Å². The second-order valence-electron chi connectivity index (χ2n) is 8.06. The van der Waals surface area contributed by atoms with Crippen molar-refractivity contribution in [2.24, 2.45) is 5.92 Å². The van der Waals surface area contributed by atoms with Gasteiger partial charge in [-0.2, -0.15) is 13.2 Å². The topological polar surface area (TPSA) is 41.1 Å². The molecule has 1 saturated carbocycles. The molecule has 7 heteroatoms. The number of hydrogen-bond acceptors (Lipinski definition) is 2. The van der Waals surface area contributed by atoms with Crippen molar-refractivity contribution in [2.75, 3.05) is 11.9 Å². The SMILES string of the molecule is Cc1ccc(NCC2CCC(NC(=O)c3cc(C(F)(F)F)ccc3Cl)CC2)cc1C. The molecule has 1 aliphatic carbocycles. The maximum absolute atomic E-state index is 12.9. The maximum atomic E-state index is 12.9. The third kappa shape index (κ3) is 5.69. The second kappa shape index (κ2) is 9.29. The molecular formula is C23H26ClF3N2O. The fourth-order valence-electron chi connectivity index (χ4n) is 3.76. The van der Waals surface area contributed by atoms with Gasteiger partial charge in [0.25, 0.3) is 5.91 Å². The van der Waals surface area contributed by atoms with Crippen LogP contribution in [0.2, 0.25) is 5.02 Å². The highest BCUT2D eigenvalue weighted by atomic mass is 35.5. The van der Waals surface area contributed by atoms with Crippen molar-refractivity contribution in [2.45, 2.75) is 51.7 Å². The van der Waals surface area contributed by atoms with E-state index in [-0.39, 0.29) is 16.6 Å². The molecule has 0 bridgehead atoms. The summed E-state index contributed by atoms with van der Waals surface area (Å²) >= 11 is 5.97. The molecule has 1 fully saturated rings. The molecule has 2 N–H and O–H groups in total. The van der Waals surface area contributed by atoms with Crippen LogP contribution in [-0.2, 0) is 6.18 Å². The van der Waals surface area contributed by atoms with Crippen molar-refractivity contribution in [1.29, 1.82) is 0 Å². The van der Waals surface area contributed by atoms with Crippen LogP contribution in [0.5, 0.6) is 0 Å². The molecule has 3 rings (SSSR count). The number of nitrogens with one attached hydrogen (secondary N) is 2. The number of hydrogen-bond donors (Lipinski definition) is 2. The van der Waals surface area contributed by atoms with E-state index < -0.39 is 17.6 Å². The van der Waals surface area contributed by atoms with Crippen molar-refractivity contribution in [3.8, 4) is 0 Å². The number of rotatable bonds is 5. The van der Waals surface area contributed by atoms with Crippen LogP contribution < -0.4 is 10.6 Å². The molecule has 0 radical (unpaired) electrons. The maximum Gasteiger partial charge on any atom is 0.416 e. The number of aryl methyl sites for hydroxylation is 2. The molecule has 0 unspecified atom stereocenters. The lowest BCUT2D eigenvalue weighted by atomic mass is 9.85. The highest BCUT2D eigenvalue weighted by molar-refractivity contribution is 6.33. The fourth-order valence-corrected chi connectivity index (χ4v) is 3.97. The third-order valence-corrected chi connectivity index (χ3v) is 6.15. The van der Waals surface area contributed by atoms with Gasteiger partial charge >= 0.3 is 6.18 Å². The number of halogens is 4. The number of benzene rings is 2. The van der Waals surface area contributed by atoms with Crippen LogP contribution in [0.4, 0.5) is 18.9 Å². The zero-order chi connectivity index (χ0) is 21.9. The van der Waals surface area contributed by atoms with Crippen LogP contribution >= 0.6 is 11.6 Å². The first kappa shape index (κ1) is 22.5. The summed E-state index contributed by atoms with van der Waals surface area (Å²) < 4.78 is 38.8. The first-order valence-electron chi connectivity index (χ1n) is 10.1. The van der Waals surface area contributed by atoms with Crippen molar-refractivity contribution >= 4 is 23.2 Å². The van der Waals surface area contributed by atoms with Crippen LogP contribution in [0.15, 0.2) is 36.4 Å². The lowest BCUT2D eigenvalue weighted by Gasteiger charge is -2.29. The van der Waals surface area contributed by atoms with Gasteiger partial charge in [-0.05, 0) is 86.9 Å². The first-order chi connectivity index (χ1) is 14.1. The molecule has 0 aromatic heterocycles. The number of amides is 1. The Morgan fingerprint density at radius 2 is 1.73 bits per heavy atom. The van der Waals surface area contributed by atoms with Crippen molar-refractivity contribution in [1.82, 2.24) is 5.32 Å². The molecule has 162 valence electrons. The van der Waals surface area contributed by atoms with Crippen molar-refractivity contribution in [3.63, 3.8) is 0 Å². The Labute approximate surface area is 180 Å². The van der Waals surface area contributed by atoms with Gasteiger partial charge in [-0.3, -0.25) is 4.79 Å². The molecule has 0 aliphatic heterocycles. The van der Waals surface area contributed by atoms with Gasteiger partial charge in [0.2, 0.25) is 0 Å². The van der Waals surface area contributed by atoms with E-state index in [9.17, 15) is 18.0 Å². The minimum absolute atomic E-state index is 0.0202. The summed E-state index contributed by atoms with van der Waals surface area (Å²) in [5.74, 6) is -0.0558. The Bertz CT molecular complexity index is 906. The largest absolute Gasteiger partial charge is 0.416 e. The summed E-state index contributed by atoms with van der Waals surface area (Å²) in [6, 6.07) is 9.08. The van der Waals surface area contributed by atoms with Crippen LogP contribution in [0.1, 0.15) is 52.7 Å². The van der Waals surface area contributed by atoms with E-state index in [4.69, 9.17) is 11.6 Å². The Morgan fingerprint density at radius 3 is 2.37 bits per heavy atom. The highest BCUT2D eigenvalue weighted by Gasteiger charge is 2.32. The summed E-state index contributed by atoms with van der Waals surface area (Å²) in [5.41, 5.74) is 2.60. The highest BCUT2D eigenvalue weighted by Crippen LogP contribution is 2.32. The third-order valence-electron chi connectivity index (χ3n) is 5.82. The monoisotopic (exact) mass is 438 g/mol. The minimum Gasteiger partial charge on any atom is -0.385 e. The molecule has 3 nitrogen and oxygen atoms in total. The molecule has 30 heavy (non-hydrogen) atoms. The van der Waals surface area contributed by atoms with E-state index in [1.165, 1.54) is 11.1 Å². The van der Waals surface area contributed by atoms with E-state index in [2.05, 4.69) is 42.7 Å². The predicted molar refractivity (Wildman–Crippen MR) is 114 cm³/mol. The van der Waals surface area contributed by atoms with E-state index in [1.54, 1.807) is 0 Å². The fraction of sp³-hybridized carbons (Fsp3) is 0.435. The standard InChI is InChI=1S/C23H26ClF3N2O/c1-14-3-7-19(11-15(14)2)28-13-16-4-8-18(9-5-16)29-22(30)20-12-17(23(25,26)27)6-10-21(20)24/h3,6-7,10-12,16,18,28H,4-5,8-9,13H2,1-2H3,(H,29,30). The Morgan fingerprint density at radius 1 is 1.03 bits per heavy atom. The Hall–Kier alpha value is -2.21. The van der Waals surface area contributed by atoms with Gasteiger partial charge in [0.15, 0.2) is 0 Å². The quantitative estimate of drug-likeness (QED) is 0.569. The number of carbonyl (C=O) groups excluding carboxylic acids is 1. The first-order valence-corrected chi connectivity index (χ1v) is 10.5. The smallest absolute Gasteiger partial charge is 0.385 e. The van der Waals surface area contributed by atoms with Crippen LogP contribution in [0.25, 0.3) is 0 Å². The number of alkyl halides is 3. The van der Waals surface area contributed by atoms with Gasteiger partial charge in [-0.25, -0.2) is 0 Å². The summed E-state index contributed by atoms with van der Waals surface area (Å²) in [4.78, 5) is 12.5. The molecule has 1 aliphatic rings. The van der Waals surface area contributed by atoms with E-state index >= 15 is 0 Å². The lowest BCUT2D eigenvalue weighted by Crippen LogP contribution is -2.38. The number of anilines is 1. The zero-order valence-electron chi connectivity index (χ0n) is 17.1. The van der Waals surface area contributed by atoms with E-state index in [1.807, 2.05) is 0 Å². The normalized spacial score (nSPS) is 19.4. The minimum atomic E-state index is -4.51. The molecule has 1 amide bonds. The zero-order valence-corrected chi connectivity index (χ0v) is 17.8. The van der Waals surface area contributed by atoms with Gasteiger partial charge in [0.1, 0.15) is 0 Å². The average Bonchev–Trinajstić information content (AvgIpc) is 2.69. The second-order valence-corrected chi connectivity index (χ2v) is 8.47. The Kier molecular flexibility index (Phi) is 6.96. The van der Waals surface area contributed by atoms with E-state index in [0.717, 1.165) is 56.1 Å². The molecule has 0 heterocycles. The molecular weight excluding hydrogens is 413 g/mol. The summed E-state index contributed by atoms with van der Waals surface area (Å²) in [5, 5.41) is 6.35. The molecule has 0 atom stereocenters. The number of carbonyl (C=O) groups is 1. The molecule has 0 spiro atoms. The molecule has 2 aromatic rings. The summed E-state index contributed by atoms with van der Waals surface area (Å²) in [7, 11) is 0. The van der Waals surface area contributed by atoms with Crippen LogP contribution in [0.3, 0.4) is 0 Å².